The maximum Gasteiger partial charge on any atom is 0.129 e. The Morgan fingerprint density at radius 2 is 1.86 bits per heavy atom. The fourth-order valence-electron chi connectivity index (χ4n) is 1.84. The van der Waals surface area contributed by atoms with E-state index in [1.165, 1.54) is 6.07 Å². The van der Waals surface area contributed by atoms with Gasteiger partial charge in [-0.15, -0.1) is 0 Å². The van der Waals surface area contributed by atoms with Crippen LogP contribution in [0.5, 0.6) is 0 Å². The van der Waals surface area contributed by atoms with Gasteiger partial charge in [-0.2, -0.15) is 5.26 Å². The monoisotopic (exact) mass is 342 g/mol. The van der Waals surface area contributed by atoms with Gasteiger partial charge in [0.15, 0.2) is 0 Å². The standard InChI is InChI=1S/C15H10Cl3FN2/c1-8-13(19)4-9(6-20)5-14(8)21-7-10-11(16)2-3-12(17)15(10)18/h2-5,21H,7H2,1H3. The minimum Gasteiger partial charge on any atom is -0.381 e. The Hall–Kier alpha value is -1.47. The smallest absolute Gasteiger partial charge is 0.129 e. The summed E-state index contributed by atoms with van der Waals surface area (Å²) < 4.78 is 13.7. The van der Waals surface area contributed by atoms with Crippen LogP contribution >= 0.6 is 34.8 Å². The highest BCUT2D eigenvalue weighted by molar-refractivity contribution is 6.44. The number of nitrogens with one attached hydrogen (secondary N) is 1. The maximum atomic E-state index is 13.7. The Labute approximate surface area is 137 Å². The van der Waals surface area contributed by atoms with Crippen LogP contribution in [-0.2, 0) is 6.54 Å². The van der Waals surface area contributed by atoms with Crippen LogP contribution in [0.2, 0.25) is 15.1 Å². The zero-order valence-corrected chi connectivity index (χ0v) is 13.2. The van der Waals surface area contributed by atoms with E-state index in [-0.39, 0.29) is 12.1 Å². The van der Waals surface area contributed by atoms with Gasteiger partial charge < -0.3 is 5.32 Å². The van der Waals surface area contributed by atoms with Crippen molar-refractivity contribution in [3.63, 3.8) is 0 Å². The quantitative estimate of drug-likeness (QED) is 0.739. The summed E-state index contributed by atoms with van der Waals surface area (Å²) in [6, 6.07) is 7.93. The number of benzene rings is 2. The first-order valence-corrected chi connectivity index (χ1v) is 7.14. The van der Waals surface area contributed by atoms with Crippen molar-refractivity contribution >= 4 is 40.5 Å². The number of rotatable bonds is 3. The molecule has 0 aromatic heterocycles. The van der Waals surface area contributed by atoms with Crippen molar-refractivity contribution < 1.29 is 4.39 Å². The number of anilines is 1. The number of nitrogens with zero attached hydrogens (tertiary/aromatic N) is 1. The Morgan fingerprint density at radius 1 is 1.19 bits per heavy atom. The summed E-state index contributed by atoms with van der Waals surface area (Å²) in [7, 11) is 0. The fourth-order valence-corrected chi connectivity index (χ4v) is 2.52. The average Bonchev–Trinajstić information content (AvgIpc) is 2.47. The van der Waals surface area contributed by atoms with E-state index in [0.717, 1.165) is 0 Å². The molecule has 0 aliphatic carbocycles. The summed E-state index contributed by atoms with van der Waals surface area (Å²) in [6.45, 7) is 1.90. The maximum absolute atomic E-state index is 13.7. The summed E-state index contributed by atoms with van der Waals surface area (Å²) in [5, 5.41) is 13.1. The van der Waals surface area contributed by atoms with Crippen LogP contribution in [0.1, 0.15) is 16.7 Å². The molecule has 21 heavy (non-hydrogen) atoms. The van der Waals surface area contributed by atoms with Gasteiger partial charge >= 0.3 is 0 Å². The average molecular weight is 344 g/mol. The van der Waals surface area contributed by atoms with E-state index in [1.807, 2.05) is 6.07 Å². The largest absolute Gasteiger partial charge is 0.381 e. The van der Waals surface area contributed by atoms with Crippen molar-refractivity contribution in [2.75, 3.05) is 5.32 Å². The van der Waals surface area contributed by atoms with Gasteiger partial charge in [0, 0.05) is 28.4 Å². The van der Waals surface area contributed by atoms with Crippen LogP contribution in [0, 0.1) is 24.1 Å². The highest BCUT2D eigenvalue weighted by atomic mass is 35.5. The van der Waals surface area contributed by atoms with Crippen molar-refractivity contribution in [1.29, 1.82) is 5.26 Å². The van der Waals surface area contributed by atoms with Crippen LogP contribution in [0.25, 0.3) is 0 Å². The third-order valence-electron chi connectivity index (χ3n) is 3.07. The zero-order valence-electron chi connectivity index (χ0n) is 11.0. The molecule has 0 atom stereocenters. The van der Waals surface area contributed by atoms with Crippen LogP contribution < -0.4 is 5.32 Å². The first-order valence-electron chi connectivity index (χ1n) is 6.00. The third-order valence-corrected chi connectivity index (χ3v) is 4.27. The lowest BCUT2D eigenvalue weighted by atomic mass is 10.1. The molecule has 0 radical (unpaired) electrons. The number of nitriles is 1. The van der Waals surface area contributed by atoms with E-state index in [4.69, 9.17) is 40.1 Å². The highest BCUT2D eigenvalue weighted by Gasteiger charge is 2.11. The van der Waals surface area contributed by atoms with Gasteiger partial charge in [0.2, 0.25) is 0 Å². The molecule has 2 aromatic carbocycles. The lowest BCUT2D eigenvalue weighted by molar-refractivity contribution is 0.618. The molecule has 0 bridgehead atoms. The summed E-state index contributed by atoms with van der Waals surface area (Å²) >= 11 is 18.1. The van der Waals surface area contributed by atoms with E-state index < -0.39 is 5.82 Å². The number of hydrogen-bond acceptors (Lipinski definition) is 2. The second-order valence-corrected chi connectivity index (χ2v) is 5.61. The molecule has 0 fully saturated rings. The molecule has 0 saturated heterocycles. The van der Waals surface area contributed by atoms with E-state index >= 15 is 0 Å². The molecule has 108 valence electrons. The van der Waals surface area contributed by atoms with Gasteiger partial charge in [0.25, 0.3) is 0 Å². The molecule has 0 unspecified atom stereocenters. The molecule has 2 nitrogen and oxygen atoms in total. The predicted octanol–water partition coefficient (Wildman–Crippen LogP) is 5.58. The highest BCUT2D eigenvalue weighted by Crippen LogP contribution is 2.32. The Bertz CT molecular complexity index is 739. The SMILES string of the molecule is Cc1c(F)cc(C#N)cc1NCc1c(Cl)ccc(Cl)c1Cl. The van der Waals surface area contributed by atoms with Crippen LogP contribution in [0.4, 0.5) is 10.1 Å². The predicted molar refractivity (Wildman–Crippen MR) is 84.7 cm³/mol. The molecular formula is C15H10Cl3FN2. The molecule has 2 aromatic rings. The minimum absolute atomic E-state index is 0.240. The summed E-state index contributed by atoms with van der Waals surface area (Å²) in [4.78, 5) is 0. The van der Waals surface area contributed by atoms with Gasteiger partial charge in [-0.25, -0.2) is 4.39 Å². The van der Waals surface area contributed by atoms with Crippen molar-refractivity contribution in [1.82, 2.24) is 0 Å². The molecular weight excluding hydrogens is 334 g/mol. The topological polar surface area (TPSA) is 35.8 Å². The Morgan fingerprint density at radius 3 is 2.52 bits per heavy atom. The zero-order chi connectivity index (χ0) is 15.6. The van der Waals surface area contributed by atoms with Gasteiger partial charge in [-0.1, -0.05) is 34.8 Å². The van der Waals surface area contributed by atoms with E-state index in [2.05, 4.69) is 5.32 Å². The van der Waals surface area contributed by atoms with E-state index in [1.54, 1.807) is 25.1 Å². The molecule has 0 amide bonds. The first kappa shape index (κ1) is 15.9. The van der Waals surface area contributed by atoms with Gasteiger partial charge in [0.1, 0.15) is 5.82 Å². The minimum atomic E-state index is -0.445. The lowest BCUT2D eigenvalue weighted by Crippen LogP contribution is -2.04. The molecule has 0 spiro atoms. The van der Waals surface area contributed by atoms with Crippen molar-refractivity contribution in [3.8, 4) is 6.07 Å². The molecule has 0 heterocycles. The first-order chi connectivity index (χ1) is 9.93. The van der Waals surface area contributed by atoms with Crippen LogP contribution in [0.15, 0.2) is 24.3 Å². The molecule has 1 N–H and O–H groups in total. The Kier molecular flexibility index (Phi) is 4.95. The fraction of sp³-hybridized carbons (Fsp3) is 0.133. The van der Waals surface area contributed by atoms with Gasteiger partial charge in [-0.3, -0.25) is 0 Å². The second kappa shape index (κ2) is 6.53. The number of hydrogen-bond donors (Lipinski definition) is 1. The van der Waals surface area contributed by atoms with Gasteiger partial charge in [-0.05, 0) is 31.2 Å². The molecule has 0 aliphatic rings. The molecule has 0 saturated carbocycles. The molecule has 6 heteroatoms. The van der Waals surface area contributed by atoms with Gasteiger partial charge in [0.05, 0.1) is 21.7 Å². The third kappa shape index (κ3) is 3.41. The summed E-state index contributed by atoms with van der Waals surface area (Å²) in [6.07, 6.45) is 0. The lowest BCUT2D eigenvalue weighted by Gasteiger charge is -2.13. The normalized spacial score (nSPS) is 10.3. The summed E-state index contributed by atoms with van der Waals surface area (Å²) in [5.74, 6) is -0.445. The van der Waals surface area contributed by atoms with Crippen molar-refractivity contribution in [3.05, 3.63) is 61.8 Å². The van der Waals surface area contributed by atoms with Crippen LogP contribution in [0.3, 0.4) is 0 Å². The van der Waals surface area contributed by atoms with Crippen molar-refractivity contribution in [2.24, 2.45) is 0 Å². The van der Waals surface area contributed by atoms with Crippen LogP contribution in [-0.4, -0.2) is 0 Å². The van der Waals surface area contributed by atoms with Crippen molar-refractivity contribution in [2.45, 2.75) is 13.5 Å². The number of halogens is 4. The second-order valence-electron chi connectivity index (χ2n) is 4.42. The Balaban J connectivity index is 2.31. The summed E-state index contributed by atoms with van der Waals surface area (Å²) in [5.41, 5.74) is 1.79. The van der Waals surface area contributed by atoms with E-state index in [0.29, 0.717) is 31.9 Å². The van der Waals surface area contributed by atoms with E-state index in [9.17, 15) is 4.39 Å². The molecule has 0 aliphatic heterocycles. The molecule has 2 rings (SSSR count).